The molecule has 174 valence electrons. The average molecular weight is 476 g/mol. The van der Waals surface area contributed by atoms with Gasteiger partial charge >= 0.3 is 0 Å². The lowest BCUT2D eigenvalue weighted by Crippen LogP contribution is -2.17. The van der Waals surface area contributed by atoms with Crippen molar-refractivity contribution in [2.45, 2.75) is 38.0 Å². The minimum Gasteiger partial charge on any atom is -0.478 e. The first-order valence-corrected chi connectivity index (χ1v) is 12.3. The van der Waals surface area contributed by atoms with Crippen molar-refractivity contribution in [3.8, 4) is 23.2 Å². The highest BCUT2D eigenvalue weighted by Crippen LogP contribution is 2.27. The standard InChI is InChI=1S/C25H25N5O3S/c1-5-33-24-13-7-18(16-27-24)21-14-22-17(15-26)6-12-23(30(22)28-21)29-34(31,32)20-10-8-19(9-11-20)25(2,3)4/h6-14,16,29H,5H2,1-4H3. The van der Waals surface area contributed by atoms with Gasteiger partial charge in [0.1, 0.15) is 11.9 Å². The number of hydrogen-bond acceptors (Lipinski definition) is 6. The van der Waals surface area contributed by atoms with Gasteiger partial charge < -0.3 is 4.74 Å². The van der Waals surface area contributed by atoms with E-state index in [0.29, 0.717) is 34.8 Å². The van der Waals surface area contributed by atoms with E-state index in [-0.39, 0.29) is 16.1 Å². The number of benzene rings is 1. The molecule has 0 radical (unpaired) electrons. The van der Waals surface area contributed by atoms with E-state index in [9.17, 15) is 13.7 Å². The third kappa shape index (κ3) is 4.58. The Bertz CT molecular complexity index is 1480. The van der Waals surface area contributed by atoms with Crippen molar-refractivity contribution in [1.29, 1.82) is 5.26 Å². The van der Waals surface area contributed by atoms with E-state index in [4.69, 9.17) is 4.74 Å². The van der Waals surface area contributed by atoms with Crippen LogP contribution in [0.25, 0.3) is 16.8 Å². The summed E-state index contributed by atoms with van der Waals surface area (Å²) in [6, 6.07) is 17.3. The fourth-order valence-electron chi connectivity index (χ4n) is 3.48. The Morgan fingerprint density at radius 2 is 1.82 bits per heavy atom. The smallest absolute Gasteiger partial charge is 0.263 e. The third-order valence-electron chi connectivity index (χ3n) is 5.34. The molecular weight excluding hydrogens is 450 g/mol. The van der Waals surface area contributed by atoms with Crippen LogP contribution in [0.5, 0.6) is 5.88 Å². The third-order valence-corrected chi connectivity index (χ3v) is 6.71. The Hall–Kier alpha value is -3.90. The van der Waals surface area contributed by atoms with Gasteiger partial charge in [-0.25, -0.2) is 17.9 Å². The SMILES string of the molecule is CCOc1ccc(-c2cc3c(C#N)ccc(NS(=O)(=O)c4ccc(C(C)(C)C)cc4)n3n2)cn1. The molecule has 0 saturated heterocycles. The molecule has 0 fully saturated rings. The predicted molar refractivity (Wildman–Crippen MR) is 130 cm³/mol. The highest BCUT2D eigenvalue weighted by molar-refractivity contribution is 7.92. The summed E-state index contributed by atoms with van der Waals surface area (Å²) in [5, 5.41) is 14.1. The highest BCUT2D eigenvalue weighted by Gasteiger charge is 2.20. The Labute approximate surface area is 198 Å². The highest BCUT2D eigenvalue weighted by atomic mass is 32.2. The number of fused-ring (bicyclic) bond motifs is 1. The van der Waals surface area contributed by atoms with Gasteiger partial charge in [0, 0.05) is 17.8 Å². The molecule has 0 bridgehead atoms. The van der Waals surface area contributed by atoms with E-state index in [1.54, 1.807) is 36.5 Å². The largest absolute Gasteiger partial charge is 0.478 e. The number of anilines is 1. The molecule has 3 aromatic heterocycles. The molecule has 0 spiro atoms. The van der Waals surface area contributed by atoms with Gasteiger partial charge in [-0.05, 0) is 54.3 Å². The number of nitrogens with one attached hydrogen (secondary N) is 1. The molecule has 1 aromatic carbocycles. The summed E-state index contributed by atoms with van der Waals surface area (Å²) in [6.07, 6.45) is 1.62. The fraction of sp³-hybridized carbons (Fsp3) is 0.240. The first kappa shape index (κ1) is 23.3. The van der Waals surface area contributed by atoms with Gasteiger partial charge in [0.05, 0.1) is 28.3 Å². The van der Waals surface area contributed by atoms with Crippen molar-refractivity contribution in [3.63, 3.8) is 0 Å². The number of pyridine rings is 2. The van der Waals surface area contributed by atoms with Gasteiger partial charge in [-0.2, -0.15) is 10.4 Å². The van der Waals surface area contributed by atoms with Crippen LogP contribution in [0.3, 0.4) is 0 Å². The van der Waals surface area contributed by atoms with Gasteiger partial charge in [0.15, 0.2) is 0 Å². The number of nitrogens with zero attached hydrogens (tertiary/aromatic N) is 4. The minimum absolute atomic E-state index is 0.0871. The maximum atomic E-state index is 13.1. The molecule has 0 aliphatic heterocycles. The van der Waals surface area contributed by atoms with Crippen LogP contribution in [0.1, 0.15) is 38.8 Å². The van der Waals surface area contributed by atoms with E-state index >= 15 is 0 Å². The molecule has 0 saturated carbocycles. The van der Waals surface area contributed by atoms with Crippen molar-refractivity contribution >= 4 is 21.4 Å². The van der Waals surface area contributed by atoms with Gasteiger partial charge in [-0.3, -0.25) is 4.72 Å². The summed E-state index contributed by atoms with van der Waals surface area (Å²) in [5.41, 5.74) is 3.06. The molecule has 8 nitrogen and oxygen atoms in total. The van der Waals surface area contributed by atoms with Crippen LogP contribution >= 0.6 is 0 Å². The van der Waals surface area contributed by atoms with Crippen LogP contribution in [0.2, 0.25) is 0 Å². The number of rotatable bonds is 6. The molecule has 0 unspecified atom stereocenters. The van der Waals surface area contributed by atoms with Crippen molar-refractivity contribution in [3.05, 3.63) is 71.9 Å². The molecule has 9 heteroatoms. The first-order valence-electron chi connectivity index (χ1n) is 10.8. The summed E-state index contributed by atoms with van der Waals surface area (Å²) < 4.78 is 35.6. The summed E-state index contributed by atoms with van der Waals surface area (Å²) >= 11 is 0. The van der Waals surface area contributed by atoms with Gasteiger partial charge in [-0.15, -0.1) is 0 Å². The van der Waals surface area contributed by atoms with E-state index in [2.05, 4.69) is 41.6 Å². The Balaban J connectivity index is 1.72. The van der Waals surface area contributed by atoms with Crippen molar-refractivity contribution in [1.82, 2.24) is 14.6 Å². The summed E-state index contributed by atoms with van der Waals surface area (Å²) in [6.45, 7) is 8.59. The second-order valence-electron chi connectivity index (χ2n) is 8.77. The van der Waals surface area contributed by atoms with Crippen LogP contribution in [0.4, 0.5) is 5.82 Å². The molecule has 4 rings (SSSR count). The summed E-state index contributed by atoms with van der Waals surface area (Å²) in [5.74, 6) is 0.720. The number of nitriles is 1. The van der Waals surface area contributed by atoms with Crippen LogP contribution in [-0.4, -0.2) is 29.6 Å². The van der Waals surface area contributed by atoms with E-state index < -0.39 is 10.0 Å². The van der Waals surface area contributed by atoms with Gasteiger partial charge in [-0.1, -0.05) is 32.9 Å². The van der Waals surface area contributed by atoms with Crippen molar-refractivity contribution in [2.75, 3.05) is 11.3 Å². The maximum Gasteiger partial charge on any atom is 0.263 e. The second-order valence-corrected chi connectivity index (χ2v) is 10.5. The Kier molecular flexibility index (Phi) is 6.02. The van der Waals surface area contributed by atoms with Crippen LogP contribution < -0.4 is 9.46 Å². The normalized spacial score (nSPS) is 11.9. The first-order chi connectivity index (χ1) is 16.1. The van der Waals surface area contributed by atoms with Crippen molar-refractivity contribution in [2.24, 2.45) is 0 Å². The topological polar surface area (TPSA) is 109 Å². The lowest BCUT2D eigenvalue weighted by Gasteiger charge is -2.19. The van der Waals surface area contributed by atoms with Gasteiger partial charge in [0.2, 0.25) is 5.88 Å². The predicted octanol–water partition coefficient (Wildman–Crippen LogP) is 4.76. The molecule has 34 heavy (non-hydrogen) atoms. The van der Waals surface area contributed by atoms with E-state index in [1.165, 1.54) is 10.6 Å². The number of hydrogen-bond donors (Lipinski definition) is 1. The Morgan fingerprint density at radius 3 is 2.41 bits per heavy atom. The summed E-state index contributed by atoms with van der Waals surface area (Å²) in [4.78, 5) is 4.40. The van der Waals surface area contributed by atoms with E-state index in [1.807, 2.05) is 25.1 Å². The van der Waals surface area contributed by atoms with Gasteiger partial charge in [0.25, 0.3) is 10.0 Å². The second kappa shape index (κ2) is 8.80. The lowest BCUT2D eigenvalue weighted by molar-refractivity contribution is 0.327. The molecule has 0 aliphatic carbocycles. The molecule has 0 amide bonds. The van der Waals surface area contributed by atoms with Crippen LogP contribution in [0, 0.1) is 11.3 Å². The lowest BCUT2D eigenvalue weighted by atomic mass is 9.87. The Morgan fingerprint density at radius 1 is 1.09 bits per heavy atom. The number of sulfonamides is 1. The fourth-order valence-corrected chi connectivity index (χ4v) is 4.53. The molecular formula is C25H25N5O3S. The molecule has 3 heterocycles. The van der Waals surface area contributed by atoms with Crippen molar-refractivity contribution < 1.29 is 13.2 Å². The quantitative estimate of drug-likeness (QED) is 0.430. The molecule has 0 atom stereocenters. The molecule has 1 N–H and O–H groups in total. The summed E-state index contributed by atoms with van der Waals surface area (Å²) in [7, 11) is -3.88. The zero-order chi connectivity index (χ0) is 24.5. The molecule has 0 aliphatic rings. The molecule has 4 aromatic rings. The zero-order valence-electron chi connectivity index (χ0n) is 19.4. The number of ether oxygens (including phenoxy) is 1. The maximum absolute atomic E-state index is 13.1. The van der Waals surface area contributed by atoms with E-state index in [0.717, 1.165) is 5.56 Å². The van der Waals surface area contributed by atoms with Crippen LogP contribution in [-0.2, 0) is 15.4 Å². The van der Waals surface area contributed by atoms with Crippen LogP contribution in [0.15, 0.2) is 65.7 Å². The average Bonchev–Trinajstić information content (AvgIpc) is 3.25. The monoisotopic (exact) mass is 475 g/mol. The number of aromatic nitrogens is 3. The zero-order valence-corrected chi connectivity index (χ0v) is 20.2. The minimum atomic E-state index is -3.88.